The first-order chi connectivity index (χ1) is 17.3. The number of β-lactam (4-membered cyclic amide) rings is 1. The maximum absolute atomic E-state index is 12.8. The Balaban J connectivity index is 1.57. The molecule has 0 radical (unpaired) electrons. The van der Waals surface area contributed by atoms with E-state index in [1.807, 2.05) is 0 Å². The number of ether oxygens (including phenoxy) is 3. The first kappa shape index (κ1) is 26.6. The Hall–Kier alpha value is -4.02. The van der Waals surface area contributed by atoms with Crippen LogP contribution in [0, 0.1) is 0 Å². The van der Waals surface area contributed by atoms with Crippen LogP contribution < -0.4 is 11.1 Å². The fourth-order valence-electron chi connectivity index (χ4n) is 3.05. The van der Waals surface area contributed by atoms with Crippen molar-refractivity contribution in [2.45, 2.75) is 24.6 Å². The molecule has 3 rings (SSSR count). The Labute approximate surface area is 211 Å². The summed E-state index contributed by atoms with van der Waals surface area (Å²) in [4.78, 5) is 62.2. The van der Waals surface area contributed by atoms with Crippen LogP contribution in [0.25, 0.3) is 10.4 Å². The van der Waals surface area contributed by atoms with E-state index in [0.717, 1.165) is 11.3 Å². The second kappa shape index (κ2) is 12.1. The van der Waals surface area contributed by atoms with E-state index >= 15 is 0 Å². The van der Waals surface area contributed by atoms with Crippen molar-refractivity contribution in [1.29, 1.82) is 0 Å². The van der Waals surface area contributed by atoms with Gasteiger partial charge in [-0.15, -0.1) is 23.1 Å². The van der Waals surface area contributed by atoms with E-state index < -0.39 is 41.6 Å². The summed E-state index contributed by atoms with van der Waals surface area (Å²) in [5.74, 6) is -1.82. The Morgan fingerprint density at radius 3 is 2.86 bits per heavy atom. The summed E-state index contributed by atoms with van der Waals surface area (Å²) in [6, 6.07) is -0.947. The Morgan fingerprint density at radius 2 is 2.19 bits per heavy atom. The van der Waals surface area contributed by atoms with Crippen molar-refractivity contribution in [2.24, 2.45) is 10.3 Å². The summed E-state index contributed by atoms with van der Waals surface area (Å²) < 4.78 is 14.5. The number of carbonyl (C=O) groups is 4. The minimum atomic E-state index is -1.33. The SMILES string of the molecule is CON=C(C(=O)NC1C(=O)N2C(C(=O)OC(C)OC(=O)OCCN=[N+]=[N-])=CCS[C@@H]12)c1csc(N)n1. The number of anilines is 1. The van der Waals surface area contributed by atoms with Gasteiger partial charge in [0.15, 0.2) is 10.8 Å². The molecule has 2 unspecified atom stereocenters. The molecule has 16 nitrogen and oxygen atoms in total. The number of esters is 1. The normalized spacial score (nSPS) is 19.5. The van der Waals surface area contributed by atoms with Gasteiger partial charge in [0, 0.05) is 23.0 Å². The van der Waals surface area contributed by atoms with Gasteiger partial charge in [-0.2, -0.15) is 0 Å². The van der Waals surface area contributed by atoms with Crippen LogP contribution in [0.4, 0.5) is 9.93 Å². The van der Waals surface area contributed by atoms with E-state index in [0.29, 0.717) is 5.75 Å². The highest BCUT2D eigenvalue weighted by Gasteiger charge is 2.53. The summed E-state index contributed by atoms with van der Waals surface area (Å²) in [7, 11) is 1.26. The molecule has 1 fully saturated rings. The number of oxime groups is 1. The predicted octanol–water partition coefficient (Wildman–Crippen LogP) is 0.712. The van der Waals surface area contributed by atoms with Gasteiger partial charge in [0.1, 0.15) is 36.5 Å². The van der Waals surface area contributed by atoms with Gasteiger partial charge in [0.05, 0.1) is 6.54 Å². The van der Waals surface area contributed by atoms with Crippen LogP contribution in [0.5, 0.6) is 0 Å². The van der Waals surface area contributed by atoms with Gasteiger partial charge >= 0.3 is 12.1 Å². The zero-order chi connectivity index (χ0) is 26.2. The molecule has 0 aromatic carbocycles. The number of carbonyl (C=O) groups excluding carboxylic acids is 4. The van der Waals surface area contributed by atoms with E-state index in [9.17, 15) is 19.2 Å². The molecule has 0 saturated carbocycles. The average Bonchev–Trinajstić information content (AvgIpc) is 3.28. The molecule has 0 spiro atoms. The largest absolute Gasteiger partial charge is 0.511 e. The number of rotatable bonds is 10. The summed E-state index contributed by atoms with van der Waals surface area (Å²) >= 11 is 2.42. The Kier molecular flexibility index (Phi) is 8.93. The molecule has 1 aromatic heterocycles. The number of amides is 2. The topological polar surface area (TPSA) is 220 Å². The van der Waals surface area contributed by atoms with Gasteiger partial charge in [-0.05, 0) is 11.6 Å². The smallest absolute Gasteiger partial charge is 0.434 e. The van der Waals surface area contributed by atoms with Crippen molar-refractivity contribution in [3.63, 3.8) is 0 Å². The molecule has 36 heavy (non-hydrogen) atoms. The van der Waals surface area contributed by atoms with Crippen molar-refractivity contribution in [3.8, 4) is 0 Å². The van der Waals surface area contributed by atoms with Gasteiger partial charge in [-0.3, -0.25) is 14.5 Å². The molecule has 192 valence electrons. The van der Waals surface area contributed by atoms with Crippen molar-refractivity contribution < 1.29 is 38.2 Å². The maximum Gasteiger partial charge on any atom is 0.511 e. The van der Waals surface area contributed by atoms with Crippen LogP contribution in [0.2, 0.25) is 0 Å². The van der Waals surface area contributed by atoms with E-state index in [2.05, 4.69) is 30.2 Å². The zero-order valence-corrected chi connectivity index (χ0v) is 20.5. The molecule has 18 heteroatoms. The molecule has 3 heterocycles. The number of nitrogens with one attached hydrogen (secondary N) is 1. The molecule has 0 aliphatic carbocycles. The first-order valence-corrected chi connectivity index (χ1v) is 12.0. The number of hydrogen-bond acceptors (Lipinski definition) is 14. The van der Waals surface area contributed by atoms with Crippen molar-refractivity contribution in [2.75, 3.05) is 31.7 Å². The highest BCUT2D eigenvalue weighted by atomic mass is 32.2. The number of nitrogens with zero attached hydrogens (tertiary/aromatic N) is 6. The second-order valence-corrected chi connectivity index (χ2v) is 8.85. The van der Waals surface area contributed by atoms with Crippen molar-refractivity contribution in [1.82, 2.24) is 15.2 Å². The third kappa shape index (κ3) is 6.15. The second-order valence-electron chi connectivity index (χ2n) is 6.81. The van der Waals surface area contributed by atoms with Crippen LogP contribution in [0.15, 0.2) is 27.4 Å². The molecule has 3 atom stereocenters. The first-order valence-electron chi connectivity index (χ1n) is 10.1. The van der Waals surface area contributed by atoms with Crippen molar-refractivity contribution >= 4 is 57.9 Å². The molecular formula is C18H20N8O8S2. The van der Waals surface area contributed by atoms with Crippen LogP contribution >= 0.6 is 23.1 Å². The van der Waals surface area contributed by atoms with Crippen LogP contribution in [0.1, 0.15) is 12.6 Å². The van der Waals surface area contributed by atoms with Gasteiger partial charge in [-0.25, -0.2) is 14.6 Å². The van der Waals surface area contributed by atoms with Gasteiger partial charge in [0.2, 0.25) is 6.29 Å². The highest BCUT2D eigenvalue weighted by Crippen LogP contribution is 2.38. The van der Waals surface area contributed by atoms with Gasteiger partial charge in [0.25, 0.3) is 11.8 Å². The third-order valence-corrected chi connectivity index (χ3v) is 6.37. The maximum atomic E-state index is 12.8. The van der Waals surface area contributed by atoms with E-state index in [4.69, 9.17) is 25.6 Å². The summed E-state index contributed by atoms with van der Waals surface area (Å²) in [5.41, 5.74) is 13.8. The average molecular weight is 541 g/mol. The predicted molar refractivity (Wildman–Crippen MR) is 125 cm³/mol. The van der Waals surface area contributed by atoms with Gasteiger partial charge < -0.3 is 30.1 Å². The zero-order valence-electron chi connectivity index (χ0n) is 18.9. The molecule has 3 N–H and O–H groups in total. The summed E-state index contributed by atoms with van der Waals surface area (Å²) in [6.07, 6.45) is -0.975. The van der Waals surface area contributed by atoms with Crippen LogP contribution in [0.3, 0.4) is 0 Å². The molecule has 1 saturated heterocycles. The summed E-state index contributed by atoms with van der Waals surface area (Å²) in [6.45, 7) is 0.984. The fraction of sp³-hybridized carbons (Fsp3) is 0.444. The number of fused-ring (bicyclic) bond motifs is 1. The molecule has 2 aliphatic heterocycles. The number of hydrogen-bond donors (Lipinski definition) is 2. The Morgan fingerprint density at radius 1 is 1.42 bits per heavy atom. The molecular weight excluding hydrogens is 520 g/mol. The lowest BCUT2D eigenvalue weighted by molar-refractivity contribution is -0.168. The molecule has 2 amide bonds. The van der Waals surface area contributed by atoms with Gasteiger partial charge in [-0.1, -0.05) is 10.3 Å². The number of aromatic nitrogens is 1. The third-order valence-electron chi connectivity index (χ3n) is 4.51. The number of azide groups is 1. The Bertz CT molecular complexity index is 1150. The quantitative estimate of drug-likeness (QED) is 0.0484. The number of nitrogens with two attached hydrogens (primary N) is 1. The van der Waals surface area contributed by atoms with Crippen molar-refractivity contribution in [3.05, 3.63) is 33.3 Å². The lowest BCUT2D eigenvalue weighted by Crippen LogP contribution is -2.70. The standard InChI is InChI=1S/C18H20N8O8S2/c1-8(34-18(30)32-5-4-21-25-20)33-16(29)10-3-6-35-15-12(14(28)26(10)15)23-13(27)11(24-31-2)9-7-36-17(19)22-9/h3,7-8,12,15H,4-6H2,1-2H3,(H2,19,22)(H,23,27)/t8?,12?,15-/m0/s1. The lowest BCUT2D eigenvalue weighted by Gasteiger charge is -2.48. The summed E-state index contributed by atoms with van der Waals surface area (Å²) in [5, 5.41) is 10.6. The monoisotopic (exact) mass is 540 g/mol. The van der Waals surface area contributed by atoms with E-state index in [-0.39, 0.29) is 35.4 Å². The molecule has 2 aliphatic rings. The minimum Gasteiger partial charge on any atom is -0.434 e. The lowest BCUT2D eigenvalue weighted by atomic mass is 10.0. The fourth-order valence-corrected chi connectivity index (χ4v) is 4.79. The highest BCUT2D eigenvalue weighted by molar-refractivity contribution is 8.00. The number of thioether (sulfide) groups is 1. The van der Waals surface area contributed by atoms with Crippen LogP contribution in [-0.4, -0.2) is 83.3 Å². The van der Waals surface area contributed by atoms with E-state index in [1.165, 1.54) is 42.2 Å². The molecule has 0 bridgehead atoms. The number of nitrogen functional groups attached to an aromatic ring is 1. The number of thiazole rings is 1. The minimum absolute atomic E-state index is 0.0560. The molecule has 1 aromatic rings. The van der Waals surface area contributed by atoms with Crippen LogP contribution in [-0.2, 0) is 33.4 Å². The van der Waals surface area contributed by atoms with E-state index in [1.54, 1.807) is 0 Å².